The quantitative estimate of drug-likeness (QED) is 0.266. The normalized spacial score (nSPS) is 9.77. The molecule has 0 fully saturated rings. The molecule has 0 atom stereocenters. The molecule has 0 amide bonds. The van der Waals surface area contributed by atoms with Crippen LogP contribution in [0.3, 0.4) is 0 Å². The van der Waals surface area contributed by atoms with Crippen molar-refractivity contribution < 1.29 is 18.1 Å². The molecular weight excluding hydrogens is 476 g/mol. The highest BCUT2D eigenvalue weighted by Gasteiger charge is 2.04. The van der Waals surface area contributed by atoms with Gasteiger partial charge in [0.1, 0.15) is 18.3 Å². The molecular formula is C13H7Cl5F2N3O2P. The van der Waals surface area contributed by atoms with Gasteiger partial charge in [-0.1, -0.05) is 29.8 Å². The van der Waals surface area contributed by atoms with Crippen LogP contribution < -0.4 is 0 Å². The number of nitrogens with zero attached hydrogens (tertiary/aromatic N) is 3. The van der Waals surface area contributed by atoms with Crippen molar-refractivity contribution in [3.05, 3.63) is 63.3 Å². The number of aldehydes is 1. The number of hydrogen-bond donors (Lipinski definition) is 0. The van der Waals surface area contributed by atoms with E-state index in [4.69, 9.17) is 29.8 Å². The van der Waals surface area contributed by atoms with E-state index in [2.05, 4.69) is 48.5 Å². The second-order valence-corrected chi connectivity index (χ2v) is 11.4. The second kappa shape index (κ2) is 12.4. The smallest absolute Gasteiger partial charge is 0.339 e. The Morgan fingerprint density at radius 1 is 1.08 bits per heavy atom. The van der Waals surface area contributed by atoms with Gasteiger partial charge in [-0.15, -0.1) is 4.98 Å². The van der Waals surface area contributed by atoms with Crippen molar-refractivity contribution in [2.75, 3.05) is 0 Å². The van der Waals surface area contributed by atoms with Crippen molar-refractivity contribution in [2.24, 2.45) is 0 Å². The molecule has 0 aromatic carbocycles. The molecule has 26 heavy (non-hydrogen) atoms. The van der Waals surface area contributed by atoms with Gasteiger partial charge >= 0.3 is 11.0 Å². The fraction of sp³-hybridized carbons (Fsp3) is 0.0769. The third kappa shape index (κ3) is 12.4. The average molecular weight is 483 g/mol. The Hall–Kier alpha value is -1.00. The van der Waals surface area contributed by atoms with Gasteiger partial charge in [0.2, 0.25) is 0 Å². The van der Waals surface area contributed by atoms with Crippen molar-refractivity contribution in [1.29, 1.82) is 0 Å². The third-order valence-electron chi connectivity index (χ3n) is 2.05. The van der Waals surface area contributed by atoms with Crippen LogP contribution in [0.25, 0.3) is 4.85 Å². The van der Waals surface area contributed by atoms with Crippen LogP contribution in [0.2, 0.25) is 10.0 Å². The van der Waals surface area contributed by atoms with Crippen LogP contribution in [0.5, 0.6) is 0 Å². The summed E-state index contributed by atoms with van der Waals surface area (Å²) in [5.74, 6) is -1.46. The molecule has 0 saturated carbocycles. The summed E-state index contributed by atoms with van der Waals surface area (Å²) in [4.78, 5) is 19.9. The lowest BCUT2D eigenvalue weighted by Gasteiger charge is -1.95. The van der Waals surface area contributed by atoms with E-state index >= 15 is 0 Å². The minimum atomic E-state index is -3.22. The molecule has 13 heteroatoms. The molecule has 0 saturated heterocycles. The van der Waals surface area contributed by atoms with Crippen LogP contribution >= 0.6 is 62.1 Å². The number of carbonyl (C=O) groups excluding carboxylic acids is 1. The van der Waals surface area contributed by atoms with E-state index in [0.29, 0.717) is 6.29 Å². The minimum absolute atomic E-state index is 0.0109. The SMILES string of the molecule is O=CCc1ncc(Cl)cc1F.O=P(Cl)(Cl)Cl.[C-]#[N+]c1ncc(Cl)cc1F. The fourth-order valence-electron chi connectivity index (χ4n) is 1.16. The van der Waals surface area contributed by atoms with Crippen LogP contribution in [0.15, 0.2) is 24.5 Å². The Kier molecular flexibility index (Phi) is 11.9. The Morgan fingerprint density at radius 2 is 1.54 bits per heavy atom. The van der Waals surface area contributed by atoms with Crippen LogP contribution in [-0.2, 0) is 15.8 Å². The van der Waals surface area contributed by atoms with Crippen LogP contribution in [0.4, 0.5) is 14.6 Å². The molecule has 2 heterocycles. The Labute approximate surface area is 171 Å². The van der Waals surface area contributed by atoms with Crippen LogP contribution in [0.1, 0.15) is 5.69 Å². The van der Waals surface area contributed by atoms with Crippen molar-refractivity contribution in [3.8, 4) is 0 Å². The molecule has 5 nitrogen and oxygen atoms in total. The molecule has 140 valence electrons. The van der Waals surface area contributed by atoms with Crippen LogP contribution in [-0.4, -0.2) is 16.3 Å². The predicted octanol–water partition coefficient (Wildman–Crippen LogP) is 6.85. The summed E-state index contributed by atoms with van der Waals surface area (Å²) in [6.45, 7) is 6.43. The molecule has 0 N–H and O–H groups in total. The number of pyridine rings is 2. The van der Waals surface area contributed by atoms with Crippen LogP contribution in [0, 0.1) is 18.2 Å². The highest BCUT2D eigenvalue weighted by atomic mass is 36.0. The van der Waals surface area contributed by atoms with Gasteiger partial charge in [0.25, 0.3) is 0 Å². The number of halogens is 7. The van der Waals surface area contributed by atoms with E-state index in [9.17, 15) is 18.1 Å². The summed E-state index contributed by atoms with van der Waals surface area (Å²) in [6.07, 6.45) is 3.13. The van der Waals surface area contributed by atoms with Gasteiger partial charge < -0.3 is 9.64 Å². The predicted molar refractivity (Wildman–Crippen MR) is 99.6 cm³/mol. The standard InChI is InChI=1S/C7H5ClFNO.C6H2ClFN2.Cl3OP/c8-5-3-6(9)7(1-2-11)10-4-5;1-9-6-5(8)2-4(7)3-10-6;1-5(2,3)4/h2-4H,1H2;2-3H;. The number of hydrogen-bond acceptors (Lipinski definition) is 4. The topological polar surface area (TPSA) is 64.3 Å². The lowest BCUT2D eigenvalue weighted by molar-refractivity contribution is -0.107. The van der Waals surface area contributed by atoms with Crippen molar-refractivity contribution in [1.82, 2.24) is 9.97 Å². The fourth-order valence-corrected chi connectivity index (χ4v) is 1.45. The first-order chi connectivity index (χ1) is 12.0. The first-order valence-corrected chi connectivity index (χ1v) is 11.3. The molecule has 0 radical (unpaired) electrons. The van der Waals surface area contributed by atoms with Gasteiger partial charge in [0.05, 0.1) is 15.7 Å². The molecule has 0 aliphatic carbocycles. The summed E-state index contributed by atoms with van der Waals surface area (Å²) in [5, 5.41) is -2.79. The zero-order valence-electron chi connectivity index (χ0n) is 12.3. The Morgan fingerprint density at radius 3 is 1.92 bits per heavy atom. The van der Waals surface area contributed by atoms with Crippen molar-refractivity contribution in [3.63, 3.8) is 0 Å². The van der Waals surface area contributed by atoms with Crippen molar-refractivity contribution in [2.45, 2.75) is 6.42 Å². The Balaban J connectivity index is 0.000000387. The average Bonchev–Trinajstić information content (AvgIpc) is 2.49. The van der Waals surface area contributed by atoms with Gasteiger partial charge in [0.15, 0.2) is 5.82 Å². The van der Waals surface area contributed by atoms with Gasteiger partial charge in [-0.3, -0.25) is 9.55 Å². The van der Waals surface area contributed by atoms with Gasteiger partial charge in [-0.05, 0) is 45.9 Å². The molecule has 0 bridgehead atoms. The lowest BCUT2D eigenvalue weighted by atomic mass is 10.3. The molecule has 0 aliphatic heterocycles. The highest BCUT2D eigenvalue weighted by molar-refractivity contribution is 8.24. The maximum atomic E-state index is 12.7. The summed E-state index contributed by atoms with van der Waals surface area (Å²) >= 11 is 24.6. The third-order valence-corrected chi connectivity index (χ3v) is 2.47. The number of carbonyl (C=O) groups is 1. The van der Waals surface area contributed by atoms with E-state index in [1.165, 1.54) is 12.4 Å². The molecule has 0 aliphatic rings. The Bertz CT molecular complexity index is 837. The second-order valence-electron chi connectivity index (χ2n) is 3.92. The van der Waals surface area contributed by atoms with Crippen molar-refractivity contribution >= 4 is 74.2 Å². The monoisotopic (exact) mass is 481 g/mol. The number of rotatable bonds is 2. The highest BCUT2D eigenvalue weighted by Crippen LogP contribution is 2.61. The molecule has 2 aromatic rings. The minimum Gasteiger partial charge on any atom is -0.358 e. The van der Waals surface area contributed by atoms with Gasteiger partial charge in [-0.25, -0.2) is 8.78 Å². The summed E-state index contributed by atoms with van der Waals surface area (Å²) in [7, 11) is 0. The summed E-state index contributed by atoms with van der Waals surface area (Å²) in [6, 6.07) is 2.19. The molecule has 0 unspecified atom stereocenters. The van der Waals surface area contributed by atoms with E-state index in [0.717, 1.165) is 12.1 Å². The number of aromatic nitrogens is 2. The maximum Gasteiger partial charge on any atom is 0.339 e. The first-order valence-electron chi connectivity index (χ1n) is 6.09. The summed E-state index contributed by atoms with van der Waals surface area (Å²) < 4.78 is 34.7. The largest absolute Gasteiger partial charge is 0.358 e. The molecule has 0 spiro atoms. The van der Waals surface area contributed by atoms with Gasteiger partial charge in [-0.2, -0.15) is 0 Å². The van der Waals surface area contributed by atoms with E-state index in [-0.39, 0.29) is 28.0 Å². The molecule has 2 rings (SSSR count). The van der Waals surface area contributed by atoms with Gasteiger partial charge in [0, 0.05) is 12.6 Å². The lowest BCUT2D eigenvalue weighted by Crippen LogP contribution is -1.94. The van der Waals surface area contributed by atoms with E-state index < -0.39 is 16.8 Å². The van der Waals surface area contributed by atoms with E-state index in [1.807, 2.05) is 0 Å². The zero-order valence-corrected chi connectivity index (χ0v) is 17.0. The first kappa shape index (κ1) is 25.0. The summed E-state index contributed by atoms with van der Waals surface area (Å²) in [5.41, 5.74) is 0.129. The molecule has 2 aromatic heterocycles. The van der Waals surface area contributed by atoms with E-state index in [1.54, 1.807) is 0 Å². The zero-order chi connectivity index (χ0) is 20.3. The maximum absolute atomic E-state index is 12.7.